The Morgan fingerprint density at radius 2 is 1.70 bits per heavy atom. The molecule has 10 heavy (non-hydrogen) atoms. The van der Waals surface area contributed by atoms with Crippen LogP contribution in [0.4, 0.5) is 0 Å². The second-order valence-corrected chi connectivity index (χ2v) is 3.03. The Bertz CT molecular complexity index is 101. The monoisotopic (exact) mass is 141 g/mol. The van der Waals surface area contributed by atoms with Gasteiger partial charge in [-0.15, -0.1) is 6.58 Å². The van der Waals surface area contributed by atoms with Crippen molar-refractivity contribution in [2.75, 3.05) is 13.1 Å². The van der Waals surface area contributed by atoms with Crippen molar-refractivity contribution in [3.8, 4) is 0 Å². The van der Waals surface area contributed by atoms with E-state index in [2.05, 4.69) is 39.2 Å². The van der Waals surface area contributed by atoms with Crippen molar-refractivity contribution in [2.24, 2.45) is 0 Å². The first-order valence-corrected chi connectivity index (χ1v) is 3.97. The summed E-state index contributed by atoms with van der Waals surface area (Å²) < 4.78 is 0. The summed E-state index contributed by atoms with van der Waals surface area (Å²) >= 11 is 0. The summed E-state index contributed by atoms with van der Waals surface area (Å²) in [7, 11) is 0. The minimum atomic E-state index is 0.156. The highest BCUT2D eigenvalue weighted by Crippen LogP contribution is 2.13. The van der Waals surface area contributed by atoms with E-state index >= 15 is 0 Å². The molecule has 1 nitrogen and oxygen atoms in total. The molecule has 0 bridgehead atoms. The molecule has 0 amide bonds. The first kappa shape index (κ1) is 9.70. The molecule has 0 aromatic carbocycles. The first-order chi connectivity index (χ1) is 4.58. The molecule has 0 aliphatic rings. The van der Waals surface area contributed by atoms with Gasteiger partial charge in [0.25, 0.3) is 0 Å². The lowest BCUT2D eigenvalue weighted by Gasteiger charge is -2.34. The van der Waals surface area contributed by atoms with E-state index < -0.39 is 0 Å². The maximum absolute atomic E-state index is 3.81. The van der Waals surface area contributed by atoms with Crippen molar-refractivity contribution in [2.45, 2.75) is 33.2 Å². The van der Waals surface area contributed by atoms with Crippen LogP contribution >= 0.6 is 0 Å². The Morgan fingerprint density at radius 3 is 1.80 bits per heavy atom. The molecule has 0 heterocycles. The van der Waals surface area contributed by atoms with E-state index in [1.807, 2.05) is 6.08 Å². The molecule has 0 rings (SSSR count). The molecule has 0 saturated carbocycles. The van der Waals surface area contributed by atoms with Crippen LogP contribution in [0.25, 0.3) is 0 Å². The van der Waals surface area contributed by atoms with Crippen LogP contribution in [-0.4, -0.2) is 23.5 Å². The van der Waals surface area contributed by atoms with Gasteiger partial charge in [0.15, 0.2) is 0 Å². The summed E-state index contributed by atoms with van der Waals surface area (Å²) in [6.07, 6.45) is 2.00. The van der Waals surface area contributed by atoms with Gasteiger partial charge in [-0.1, -0.05) is 19.9 Å². The smallest absolute Gasteiger partial charge is 0.0332 e. The minimum Gasteiger partial charge on any atom is -0.295 e. The highest BCUT2D eigenvalue weighted by molar-refractivity contribution is 4.96. The van der Waals surface area contributed by atoms with Crippen molar-refractivity contribution in [1.82, 2.24) is 4.90 Å². The van der Waals surface area contributed by atoms with Crippen LogP contribution in [0.15, 0.2) is 12.7 Å². The molecule has 0 aliphatic heterocycles. The maximum atomic E-state index is 3.81. The SMILES string of the molecule is C=CC(C)(C)N(CC)CC. The van der Waals surface area contributed by atoms with Gasteiger partial charge in [-0.25, -0.2) is 0 Å². The third-order valence-electron chi connectivity index (χ3n) is 2.08. The minimum absolute atomic E-state index is 0.156. The molecule has 0 atom stereocenters. The fourth-order valence-electron chi connectivity index (χ4n) is 1.17. The van der Waals surface area contributed by atoms with Gasteiger partial charge in [0.05, 0.1) is 0 Å². The van der Waals surface area contributed by atoms with E-state index in [-0.39, 0.29) is 5.54 Å². The van der Waals surface area contributed by atoms with Crippen molar-refractivity contribution < 1.29 is 0 Å². The molecule has 0 spiro atoms. The highest BCUT2D eigenvalue weighted by Gasteiger charge is 2.18. The highest BCUT2D eigenvalue weighted by atomic mass is 15.2. The predicted molar refractivity (Wildman–Crippen MR) is 47.2 cm³/mol. The second kappa shape index (κ2) is 3.77. The van der Waals surface area contributed by atoms with Gasteiger partial charge >= 0.3 is 0 Å². The fourth-order valence-corrected chi connectivity index (χ4v) is 1.17. The van der Waals surface area contributed by atoms with Gasteiger partial charge in [0, 0.05) is 5.54 Å². The quantitative estimate of drug-likeness (QED) is 0.543. The maximum Gasteiger partial charge on any atom is 0.0332 e. The molecular weight excluding hydrogens is 122 g/mol. The Labute approximate surface area is 64.7 Å². The van der Waals surface area contributed by atoms with E-state index in [1.165, 1.54) is 0 Å². The van der Waals surface area contributed by atoms with Gasteiger partial charge in [0.2, 0.25) is 0 Å². The van der Waals surface area contributed by atoms with Gasteiger partial charge < -0.3 is 0 Å². The van der Waals surface area contributed by atoms with E-state index in [0.717, 1.165) is 13.1 Å². The molecule has 0 aromatic rings. The second-order valence-electron chi connectivity index (χ2n) is 3.03. The van der Waals surface area contributed by atoms with E-state index in [0.29, 0.717) is 0 Å². The fraction of sp³-hybridized carbons (Fsp3) is 0.778. The number of nitrogens with zero attached hydrogens (tertiary/aromatic N) is 1. The largest absolute Gasteiger partial charge is 0.295 e. The number of hydrogen-bond donors (Lipinski definition) is 0. The lowest BCUT2D eigenvalue weighted by atomic mass is 10.0. The van der Waals surface area contributed by atoms with Gasteiger partial charge in [0.1, 0.15) is 0 Å². The van der Waals surface area contributed by atoms with Crippen molar-refractivity contribution in [1.29, 1.82) is 0 Å². The van der Waals surface area contributed by atoms with Crippen LogP contribution in [0.3, 0.4) is 0 Å². The molecule has 0 aromatic heterocycles. The molecule has 1 heteroatoms. The Morgan fingerprint density at radius 1 is 1.30 bits per heavy atom. The summed E-state index contributed by atoms with van der Waals surface area (Å²) in [5.74, 6) is 0. The van der Waals surface area contributed by atoms with Crippen LogP contribution in [-0.2, 0) is 0 Å². The Balaban J connectivity index is 4.10. The summed E-state index contributed by atoms with van der Waals surface area (Å²) in [4.78, 5) is 2.38. The number of rotatable bonds is 4. The number of likely N-dealkylation sites (N-methyl/N-ethyl adjacent to an activating group) is 1. The van der Waals surface area contributed by atoms with Crippen molar-refractivity contribution in [3.05, 3.63) is 12.7 Å². The zero-order valence-corrected chi connectivity index (χ0v) is 7.65. The first-order valence-electron chi connectivity index (χ1n) is 3.97. The average Bonchev–Trinajstić information content (AvgIpc) is 1.90. The van der Waals surface area contributed by atoms with Gasteiger partial charge in [-0.05, 0) is 26.9 Å². The lowest BCUT2D eigenvalue weighted by molar-refractivity contribution is 0.181. The average molecular weight is 141 g/mol. The molecule has 0 aliphatic carbocycles. The topological polar surface area (TPSA) is 3.24 Å². The third-order valence-corrected chi connectivity index (χ3v) is 2.08. The molecule has 60 valence electrons. The van der Waals surface area contributed by atoms with E-state index in [1.54, 1.807) is 0 Å². The predicted octanol–water partition coefficient (Wildman–Crippen LogP) is 2.29. The summed E-state index contributed by atoms with van der Waals surface area (Å²) in [5, 5.41) is 0. The van der Waals surface area contributed by atoms with E-state index in [4.69, 9.17) is 0 Å². The third kappa shape index (κ3) is 2.14. The van der Waals surface area contributed by atoms with Gasteiger partial charge in [-0.3, -0.25) is 4.90 Å². The Kier molecular flexibility index (Phi) is 3.66. The van der Waals surface area contributed by atoms with E-state index in [9.17, 15) is 0 Å². The zero-order chi connectivity index (χ0) is 8.20. The van der Waals surface area contributed by atoms with Crippen LogP contribution in [0, 0.1) is 0 Å². The molecule has 0 unspecified atom stereocenters. The molecule has 0 fully saturated rings. The van der Waals surface area contributed by atoms with Crippen LogP contribution < -0.4 is 0 Å². The molecule has 0 saturated heterocycles. The summed E-state index contributed by atoms with van der Waals surface area (Å²) in [6.45, 7) is 14.7. The summed E-state index contributed by atoms with van der Waals surface area (Å²) in [6, 6.07) is 0. The number of hydrogen-bond acceptors (Lipinski definition) is 1. The van der Waals surface area contributed by atoms with Crippen LogP contribution in [0.5, 0.6) is 0 Å². The summed E-state index contributed by atoms with van der Waals surface area (Å²) in [5.41, 5.74) is 0.156. The normalized spacial score (nSPS) is 12.1. The van der Waals surface area contributed by atoms with Gasteiger partial charge in [-0.2, -0.15) is 0 Å². The van der Waals surface area contributed by atoms with Crippen LogP contribution in [0.1, 0.15) is 27.7 Å². The Hall–Kier alpha value is -0.300. The van der Waals surface area contributed by atoms with Crippen molar-refractivity contribution >= 4 is 0 Å². The molecule has 0 N–H and O–H groups in total. The standard InChI is InChI=1S/C9H19N/c1-6-9(4,5)10(7-2)8-3/h6H,1,7-8H2,2-5H3. The molecule has 0 radical (unpaired) electrons. The van der Waals surface area contributed by atoms with Crippen LogP contribution in [0.2, 0.25) is 0 Å². The zero-order valence-electron chi connectivity index (χ0n) is 7.65. The molecular formula is C9H19N. The lowest BCUT2D eigenvalue weighted by Crippen LogP contribution is -2.41. The van der Waals surface area contributed by atoms with Crippen molar-refractivity contribution in [3.63, 3.8) is 0 Å².